The molecule has 0 spiro atoms. The fourth-order valence-electron chi connectivity index (χ4n) is 1.19. The fraction of sp³-hybridized carbons (Fsp3) is 0.909. The Bertz CT molecular complexity index is 155. The van der Waals surface area contributed by atoms with Gasteiger partial charge in [0.1, 0.15) is 0 Å². The van der Waals surface area contributed by atoms with Crippen molar-refractivity contribution in [2.75, 3.05) is 26.7 Å². The molecule has 1 aliphatic heterocycles. The first-order chi connectivity index (χ1) is 6.57. The third-order valence-electron chi connectivity index (χ3n) is 1.80. The van der Waals surface area contributed by atoms with Crippen molar-refractivity contribution in [2.24, 2.45) is 5.92 Å². The molecule has 3 nitrogen and oxygen atoms in total. The zero-order valence-corrected chi connectivity index (χ0v) is 9.97. The Morgan fingerprint density at radius 2 is 2.00 bits per heavy atom. The number of nitrogens with one attached hydrogen (secondary N) is 1. The number of rotatable bonds is 3. The van der Waals surface area contributed by atoms with Crippen LogP contribution in [-0.4, -0.2) is 37.5 Å². The van der Waals surface area contributed by atoms with Crippen LogP contribution in [-0.2, 0) is 4.79 Å². The molecule has 1 rings (SSSR count). The lowest BCUT2D eigenvalue weighted by atomic mass is 10.3. The molecule has 0 saturated carbocycles. The highest BCUT2D eigenvalue weighted by molar-refractivity contribution is 5.78. The van der Waals surface area contributed by atoms with Gasteiger partial charge in [-0.15, -0.1) is 0 Å². The first kappa shape index (κ1) is 13.4. The molecule has 0 aromatic heterocycles. The van der Waals surface area contributed by atoms with Gasteiger partial charge in [0.15, 0.2) is 0 Å². The van der Waals surface area contributed by atoms with Gasteiger partial charge in [-0.1, -0.05) is 20.8 Å². The minimum Gasteiger partial charge on any atom is -0.341 e. The Morgan fingerprint density at radius 1 is 1.43 bits per heavy atom. The molecule has 0 aromatic rings. The summed E-state index contributed by atoms with van der Waals surface area (Å²) >= 11 is 0. The van der Waals surface area contributed by atoms with Crippen molar-refractivity contribution >= 4 is 5.91 Å². The zero-order valence-electron chi connectivity index (χ0n) is 9.97. The maximum absolute atomic E-state index is 11.0. The van der Waals surface area contributed by atoms with E-state index in [4.69, 9.17) is 0 Å². The van der Waals surface area contributed by atoms with Gasteiger partial charge in [-0.25, -0.2) is 0 Å². The van der Waals surface area contributed by atoms with Gasteiger partial charge < -0.3 is 10.2 Å². The summed E-state index contributed by atoms with van der Waals surface area (Å²) in [5, 5.41) is 3.02. The van der Waals surface area contributed by atoms with E-state index >= 15 is 0 Å². The van der Waals surface area contributed by atoms with Crippen LogP contribution in [0.4, 0.5) is 0 Å². The van der Waals surface area contributed by atoms with E-state index in [1.165, 1.54) is 0 Å². The van der Waals surface area contributed by atoms with E-state index in [2.05, 4.69) is 26.1 Å². The Balaban J connectivity index is 0.000000364. The van der Waals surface area contributed by atoms with Crippen LogP contribution in [0.15, 0.2) is 0 Å². The standard InChI is InChI=1S/C7H14N2O.C4H10/c1-8-4-6-9-5-2-3-7(9)10;1-4(2)3/h8H,2-6H2,1H3;4H,1-3H3. The van der Waals surface area contributed by atoms with Gasteiger partial charge in [0, 0.05) is 26.1 Å². The van der Waals surface area contributed by atoms with Crippen molar-refractivity contribution in [3.8, 4) is 0 Å². The second-order valence-electron chi connectivity index (χ2n) is 4.32. The Hall–Kier alpha value is -0.570. The van der Waals surface area contributed by atoms with Crippen LogP contribution in [0.1, 0.15) is 33.6 Å². The summed E-state index contributed by atoms with van der Waals surface area (Å²) in [5.74, 6) is 1.15. The molecular formula is C11H24N2O. The average Bonchev–Trinajstić information content (AvgIpc) is 2.47. The maximum Gasteiger partial charge on any atom is 0.222 e. The Morgan fingerprint density at radius 3 is 2.36 bits per heavy atom. The first-order valence-electron chi connectivity index (χ1n) is 5.50. The van der Waals surface area contributed by atoms with E-state index < -0.39 is 0 Å². The number of hydrogen-bond donors (Lipinski definition) is 1. The summed E-state index contributed by atoms with van der Waals surface area (Å²) in [6.45, 7) is 9.24. The van der Waals surface area contributed by atoms with Crippen molar-refractivity contribution in [1.82, 2.24) is 10.2 Å². The Labute approximate surface area is 87.9 Å². The molecule has 1 saturated heterocycles. The monoisotopic (exact) mass is 200 g/mol. The minimum atomic E-state index is 0.315. The lowest BCUT2D eigenvalue weighted by molar-refractivity contribution is -0.127. The first-order valence-corrected chi connectivity index (χ1v) is 5.50. The SMILES string of the molecule is CC(C)C.CNCCN1CCCC1=O. The summed E-state index contributed by atoms with van der Waals surface area (Å²) < 4.78 is 0. The minimum absolute atomic E-state index is 0.315. The summed E-state index contributed by atoms with van der Waals surface area (Å²) in [5.41, 5.74) is 0. The average molecular weight is 200 g/mol. The maximum atomic E-state index is 11.0. The largest absolute Gasteiger partial charge is 0.341 e. The normalized spacial score (nSPS) is 15.8. The van der Waals surface area contributed by atoms with Gasteiger partial charge in [0.25, 0.3) is 0 Å². The predicted molar refractivity (Wildman–Crippen MR) is 60.3 cm³/mol. The van der Waals surface area contributed by atoms with Crippen LogP contribution in [0.25, 0.3) is 0 Å². The van der Waals surface area contributed by atoms with Crippen molar-refractivity contribution < 1.29 is 4.79 Å². The number of carbonyl (C=O) groups excluding carboxylic acids is 1. The second kappa shape index (κ2) is 7.80. The van der Waals surface area contributed by atoms with Gasteiger partial charge in [-0.2, -0.15) is 0 Å². The van der Waals surface area contributed by atoms with Gasteiger partial charge in [0.2, 0.25) is 5.91 Å². The van der Waals surface area contributed by atoms with Crippen molar-refractivity contribution in [1.29, 1.82) is 0 Å². The van der Waals surface area contributed by atoms with Gasteiger partial charge in [-0.05, 0) is 19.4 Å². The number of hydrogen-bond acceptors (Lipinski definition) is 2. The quantitative estimate of drug-likeness (QED) is 0.748. The topological polar surface area (TPSA) is 32.3 Å². The van der Waals surface area contributed by atoms with Crippen molar-refractivity contribution in [2.45, 2.75) is 33.6 Å². The fourth-order valence-corrected chi connectivity index (χ4v) is 1.19. The van der Waals surface area contributed by atoms with Crippen molar-refractivity contribution in [3.63, 3.8) is 0 Å². The number of likely N-dealkylation sites (tertiary alicyclic amines) is 1. The molecule has 0 aromatic carbocycles. The smallest absolute Gasteiger partial charge is 0.222 e. The zero-order chi connectivity index (χ0) is 11.0. The number of amides is 1. The molecule has 1 fully saturated rings. The Kier molecular flexibility index (Phi) is 7.48. The van der Waals surface area contributed by atoms with Gasteiger partial charge in [0.05, 0.1) is 0 Å². The summed E-state index contributed by atoms with van der Waals surface area (Å²) in [6, 6.07) is 0. The van der Waals surface area contributed by atoms with Crippen LogP contribution in [0, 0.1) is 5.92 Å². The lowest BCUT2D eigenvalue weighted by Gasteiger charge is -2.14. The second-order valence-corrected chi connectivity index (χ2v) is 4.32. The van der Waals surface area contributed by atoms with Gasteiger partial charge >= 0.3 is 0 Å². The molecule has 1 heterocycles. The molecule has 0 atom stereocenters. The van der Waals surface area contributed by atoms with E-state index in [1.807, 2.05) is 11.9 Å². The highest BCUT2D eigenvalue weighted by atomic mass is 16.2. The molecule has 0 aliphatic carbocycles. The molecule has 3 heteroatoms. The highest BCUT2D eigenvalue weighted by Gasteiger charge is 2.18. The van der Waals surface area contributed by atoms with Crippen LogP contribution >= 0.6 is 0 Å². The van der Waals surface area contributed by atoms with Crippen LogP contribution in [0.5, 0.6) is 0 Å². The predicted octanol–water partition coefficient (Wildman–Crippen LogP) is 1.49. The number of likely N-dealkylation sites (N-methyl/N-ethyl adjacent to an activating group) is 1. The highest BCUT2D eigenvalue weighted by Crippen LogP contribution is 2.07. The molecular weight excluding hydrogens is 176 g/mol. The van der Waals surface area contributed by atoms with E-state index in [9.17, 15) is 4.79 Å². The van der Waals surface area contributed by atoms with Crippen molar-refractivity contribution in [3.05, 3.63) is 0 Å². The van der Waals surface area contributed by atoms with E-state index in [0.29, 0.717) is 5.91 Å². The summed E-state index contributed by atoms with van der Waals surface area (Å²) in [7, 11) is 1.90. The third-order valence-corrected chi connectivity index (χ3v) is 1.80. The number of nitrogens with zero attached hydrogens (tertiary/aromatic N) is 1. The molecule has 84 valence electrons. The van der Waals surface area contributed by atoms with Gasteiger partial charge in [-0.3, -0.25) is 4.79 Å². The van der Waals surface area contributed by atoms with Crippen LogP contribution in [0.2, 0.25) is 0 Å². The summed E-state index contributed by atoms with van der Waals surface area (Å²) in [6.07, 6.45) is 1.80. The number of carbonyl (C=O) groups is 1. The molecule has 0 unspecified atom stereocenters. The summed E-state index contributed by atoms with van der Waals surface area (Å²) in [4.78, 5) is 12.9. The molecule has 1 aliphatic rings. The van der Waals surface area contributed by atoms with E-state index in [1.54, 1.807) is 0 Å². The molecule has 0 radical (unpaired) electrons. The van der Waals surface area contributed by atoms with E-state index in [0.717, 1.165) is 38.4 Å². The molecule has 1 N–H and O–H groups in total. The van der Waals surface area contributed by atoms with Crippen LogP contribution < -0.4 is 5.32 Å². The van der Waals surface area contributed by atoms with Crippen LogP contribution in [0.3, 0.4) is 0 Å². The molecule has 0 bridgehead atoms. The molecule has 1 amide bonds. The van der Waals surface area contributed by atoms with E-state index in [-0.39, 0.29) is 0 Å². The lowest BCUT2D eigenvalue weighted by Crippen LogP contribution is -2.31. The third kappa shape index (κ3) is 6.89. The molecule has 14 heavy (non-hydrogen) atoms.